The molecule has 0 aliphatic carbocycles. The highest BCUT2D eigenvalue weighted by molar-refractivity contribution is 6.31. The number of fused-ring (bicyclic) bond motifs is 21. The summed E-state index contributed by atoms with van der Waals surface area (Å²) in [5.74, 6) is 0. The first-order chi connectivity index (χ1) is 57.8. The fraction of sp³-hybridized carbons (Fsp3) is 0.0270. The van der Waals surface area contributed by atoms with Gasteiger partial charge in [0.25, 0.3) is 0 Å². The zero-order valence-corrected chi connectivity index (χ0v) is 65.0. The van der Waals surface area contributed by atoms with Crippen LogP contribution in [0.4, 0.5) is 0 Å². The average molecular weight is 1500 g/mol. The molecule has 0 amide bonds. The van der Waals surface area contributed by atoms with Crippen molar-refractivity contribution in [3.05, 3.63) is 419 Å². The number of rotatable bonds is 9. The Bertz CT molecular complexity index is 7910. The lowest BCUT2D eigenvalue weighted by atomic mass is 9.98. The highest BCUT2D eigenvalue weighted by Crippen LogP contribution is 2.46. The number of aromatic nitrogens is 6. The average Bonchev–Trinajstić information content (AvgIpc) is 1.56. The third kappa shape index (κ3) is 11.4. The van der Waals surface area contributed by atoms with Crippen molar-refractivity contribution in [2.45, 2.75) is 0 Å². The van der Waals surface area contributed by atoms with Crippen molar-refractivity contribution in [2.75, 3.05) is 0 Å². The van der Waals surface area contributed by atoms with Crippen molar-refractivity contribution in [3.63, 3.8) is 0 Å². The zero-order valence-electron chi connectivity index (χ0n) is 65.0. The van der Waals surface area contributed by atoms with E-state index in [1.165, 1.54) is 215 Å². The van der Waals surface area contributed by atoms with E-state index < -0.39 is 0 Å². The molecule has 24 rings (SSSR count). The van der Waals surface area contributed by atoms with E-state index in [2.05, 4.69) is 467 Å². The highest BCUT2D eigenvalue weighted by Gasteiger charge is 2.24. The van der Waals surface area contributed by atoms with E-state index >= 15 is 0 Å². The SMILES string of the molecule is Cn1c2ccccc2c2c3c4ccccc4n(-c4cc(-c5ccccc5)cc(-c5ccccc5)c4)c3ccc21.Cn1c2ccccc2c2c3c4ccccc4n(-c4ccc(-c5ccc(-c6ccccc6)cc5)cc4)c3ccc21.Cn1c2ccccc2c2c3c4ccccc4n(-c4cccc(-c5ccc(-c6ccccc6)cc5)c4)c3ccc21. The van der Waals surface area contributed by atoms with Crippen LogP contribution in [-0.4, -0.2) is 27.4 Å². The van der Waals surface area contributed by atoms with Crippen LogP contribution in [0.1, 0.15) is 0 Å². The lowest BCUT2D eigenvalue weighted by molar-refractivity contribution is 1.01. The van der Waals surface area contributed by atoms with Crippen molar-refractivity contribution in [2.24, 2.45) is 21.1 Å². The summed E-state index contributed by atoms with van der Waals surface area (Å²) in [6, 6.07) is 151. The van der Waals surface area contributed by atoms with E-state index in [-0.39, 0.29) is 0 Å². The molecule has 0 spiro atoms. The summed E-state index contributed by atoms with van der Waals surface area (Å²) in [6.45, 7) is 0. The molecule has 6 heteroatoms. The summed E-state index contributed by atoms with van der Waals surface area (Å²) in [6.07, 6.45) is 0. The van der Waals surface area contributed by atoms with E-state index in [0.717, 1.165) is 0 Å². The Labute approximate surface area is 677 Å². The molecule has 0 atom stereocenters. The minimum Gasteiger partial charge on any atom is -0.344 e. The predicted octanol–water partition coefficient (Wildman–Crippen LogP) is 29.3. The van der Waals surface area contributed by atoms with Crippen LogP contribution < -0.4 is 0 Å². The Morgan fingerprint density at radius 3 is 0.692 bits per heavy atom. The fourth-order valence-electron chi connectivity index (χ4n) is 18.9. The maximum absolute atomic E-state index is 2.45. The van der Waals surface area contributed by atoms with E-state index in [1.54, 1.807) is 0 Å². The van der Waals surface area contributed by atoms with Gasteiger partial charge < -0.3 is 27.4 Å². The zero-order chi connectivity index (χ0) is 77.8. The molecular formula is C111H78N6. The van der Waals surface area contributed by atoms with Gasteiger partial charge in [-0.3, -0.25) is 0 Å². The van der Waals surface area contributed by atoms with E-state index in [0.29, 0.717) is 0 Å². The molecule has 0 radical (unpaired) electrons. The Morgan fingerprint density at radius 2 is 0.350 bits per heavy atom. The monoisotopic (exact) mass is 1490 g/mol. The molecule has 0 fully saturated rings. The van der Waals surface area contributed by atoms with Crippen molar-refractivity contribution in [1.82, 2.24) is 27.4 Å². The molecule has 0 aliphatic heterocycles. The first-order valence-electron chi connectivity index (χ1n) is 40.3. The summed E-state index contributed by atoms with van der Waals surface area (Å²) in [7, 11) is 6.51. The Hall–Kier alpha value is -15.2. The molecule has 552 valence electrons. The van der Waals surface area contributed by atoms with Gasteiger partial charge in [0.15, 0.2) is 0 Å². The lowest BCUT2D eigenvalue weighted by Crippen LogP contribution is -1.96. The second-order valence-corrected chi connectivity index (χ2v) is 30.8. The smallest absolute Gasteiger partial charge is 0.0548 e. The van der Waals surface area contributed by atoms with Gasteiger partial charge in [0.2, 0.25) is 0 Å². The Kier molecular flexibility index (Phi) is 16.5. The van der Waals surface area contributed by atoms with Crippen LogP contribution in [0.5, 0.6) is 0 Å². The lowest BCUT2D eigenvalue weighted by Gasteiger charge is -2.14. The molecule has 6 nitrogen and oxygen atoms in total. The van der Waals surface area contributed by atoms with Gasteiger partial charge in [-0.25, -0.2) is 0 Å². The number of nitrogens with zero attached hydrogens (tertiary/aromatic N) is 6. The van der Waals surface area contributed by atoms with Crippen molar-refractivity contribution < 1.29 is 0 Å². The van der Waals surface area contributed by atoms with Crippen molar-refractivity contribution in [1.29, 1.82) is 0 Å². The van der Waals surface area contributed by atoms with Gasteiger partial charge >= 0.3 is 0 Å². The fourth-order valence-corrected chi connectivity index (χ4v) is 18.9. The number of hydrogen-bond donors (Lipinski definition) is 0. The van der Waals surface area contributed by atoms with Crippen LogP contribution in [0.3, 0.4) is 0 Å². The van der Waals surface area contributed by atoms with Crippen LogP contribution in [0, 0.1) is 0 Å². The van der Waals surface area contributed by atoms with E-state index in [4.69, 9.17) is 0 Å². The van der Waals surface area contributed by atoms with E-state index in [9.17, 15) is 0 Å². The Balaban J connectivity index is 0.000000106. The molecule has 0 saturated carbocycles. The molecule has 117 heavy (non-hydrogen) atoms. The van der Waals surface area contributed by atoms with Crippen LogP contribution in [-0.2, 0) is 21.1 Å². The number of para-hydroxylation sites is 6. The molecule has 6 aromatic heterocycles. The molecule has 0 saturated heterocycles. The first kappa shape index (κ1) is 68.6. The van der Waals surface area contributed by atoms with Crippen LogP contribution >= 0.6 is 0 Å². The van der Waals surface area contributed by atoms with Gasteiger partial charge in [0.1, 0.15) is 0 Å². The largest absolute Gasteiger partial charge is 0.344 e. The predicted molar refractivity (Wildman–Crippen MR) is 497 cm³/mol. The maximum atomic E-state index is 2.45. The second kappa shape index (κ2) is 28.1. The Morgan fingerprint density at radius 1 is 0.128 bits per heavy atom. The van der Waals surface area contributed by atoms with Crippen LogP contribution in [0.2, 0.25) is 0 Å². The molecule has 0 aliphatic rings. The molecule has 0 N–H and O–H groups in total. The number of hydrogen-bond acceptors (Lipinski definition) is 0. The van der Waals surface area contributed by atoms with Gasteiger partial charge in [-0.2, -0.15) is 0 Å². The summed E-state index contributed by atoms with van der Waals surface area (Å²) in [5.41, 5.74) is 33.1. The van der Waals surface area contributed by atoms with Gasteiger partial charge in [-0.05, 0) is 182 Å². The molecule has 24 aromatic rings. The number of aryl methyl sites for hydroxylation is 3. The van der Waals surface area contributed by atoms with E-state index in [1.807, 2.05) is 0 Å². The molecule has 18 aromatic carbocycles. The molecular weight excluding hydrogens is 1420 g/mol. The summed E-state index contributed by atoms with van der Waals surface area (Å²) >= 11 is 0. The van der Waals surface area contributed by atoms with Crippen LogP contribution in [0.15, 0.2) is 419 Å². The number of benzene rings is 18. The van der Waals surface area contributed by atoms with Gasteiger partial charge in [0.05, 0.1) is 33.1 Å². The van der Waals surface area contributed by atoms with Crippen molar-refractivity contribution >= 4 is 131 Å². The molecule has 6 heterocycles. The second-order valence-electron chi connectivity index (χ2n) is 30.8. The van der Waals surface area contributed by atoms with Gasteiger partial charge in [0, 0.05) is 136 Å². The quantitative estimate of drug-likeness (QED) is 0.138. The standard InChI is InChI=1S/3C37H26N2/c1-38-32-18-10-8-16-30(32)36-34(38)20-21-35-37(36)31-17-9-11-19-33(31)39(35)29-23-27(25-12-4-2-5-13-25)22-28(24-29)26-14-6-3-7-15-26;1-38-32-16-7-5-14-30(32)36-34(38)22-23-35-37(36)31-15-6-8-17-33(31)39(35)29-13-9-12-28(24-29)27-20-18-26(19-21-27)25-10-3-2-4-11-25;1-38-32-13-7-5-11-30(32)36-34(38)23-24-35-37(36)31-12-6-8-14-33(31)39(35)29-21-19-28(20-22-29)27-17-15-26(16-18-27)25-9-3-2-4-10-25/h3*2-24H,1H3. The summed E-state index contributed by atoms with van der Waals surface area (Å²) in [4.78, 5) is 0. The van der Waals surface area contributed by atoms with Gasteiger partial charge in [-0.1, -0.05) is 303 Å². The first-order valence-corrected chi connectivity index (χ1v) is 40.3. The third-order valence-electron chi connectivity index (χ3n) is 24.4. The highest BCUT2D eigenvalue weighted by atomic mass is 15.0. The topological polar surface area (TPSA) is 29.6 Å². The molecule has 0 unspecified atom stereocenters. The summed E-state index contributed by atoms with van der Waals surface area (Å²) < 4.78 is 14.2. The maximum Gasteiger partial charge on any atom is 0.0548 e. The minimum atomic E-state index is 1.17. The van der Waals surface area contributed by atoms with Crippen molar-refractivity contribution in [3.8, 4) is 83.8 Å². The van der Waals surface area contributed by atoms with Crippen LogP contribution in [0.25, 0.3) is 215 Å². The summed E-state index contributed by atoms with van der Waals surface area (Å²) in [5, 5.41) is 15.7. The minimum absolute atomic E-state index is 1.17. The third-order valence-corrected chi connectivity index (χ3v) is 24.4. The normalized spacial score (nSPS) is 11.7. The molecule has 0 bridgehead atoms. The van der Waals surface area contributed by atoms with Gasteiger partial charge in [-0.15, -0.1) is 0 Å².